The van der Waals surface area contributed by atoms with E-state index in [1.54, 1.807) is 12.3 Å². The van der Waals surface area contributed by atoms with E-state index in [2.05, 4.69) is 15.0 Å². The summed E-state index contributed by atoms with van der Waals surface area (Å²) in [5.74, 6) is -0.411. The molecule has 0 amide bonds. The van der Waals surface area contributed by atoms with Crippen LogP contribution in [0, 0.1) is 0 Å². The lowest BCUT2D eigenvalue weighted by Crippen LogP contribution is -2.04. The summed E-state index contributed by atoms with van der Waals surface area (Å²) in [4.78, 5) is 25.0. The van der Waals surface area contributed by atoms with E-state index in [0.717, 1.165) is 21.4 Å². The highest BCUT2D eigenvalue weighted by atomic mass is 32.1. The number of carbonyl (C=O) groups is 1. The third-order valence-corrected chi connectivity index (χ3v) is 5.62. The van der Waals surface area contributed by atoms with Crippen LogP contribution in [0.1, 0.15) is 35.4 Å². The first-order chi connectivity index (χ1) is 11.1. The minimum Gasteiger partial charge on any atom is -0.461 e. The van der Waals surface area contributed by atoms with E-state index in [9.17, 15) is 4.79 Å². The summed E-state index contributed by atoms with van der Waals surface area (Å²) >= 11 is 4.39. The van der Waals surface area contributed by atoms with E-state index < -0.39 is 5.97 Å². The second-order valence-corrected chi connectivity index (χ2v) is 7.26. The summed E-state index contributed by atoms with van der Waals surface area (Å²) in [6.45, 7) is 4.00. The normalized spacial score (nSPS) is 12.3. The molecule has 6 nitrogen and oxygen atoms in total. The molecule has 0 fully saturated rings. The van der Waals surface area contributed by atoms with Gasteiger partial charge in [0.15, 0.2) is 5.69 Å². The van der Waals surface area contributed by atoms with Crippen molar-refractivity contribution in [1.82, 2.24) is 15.0 Å². The van der Waals surface area contributed by atoms with Crippen molar-refractivity contribution in [2.24, 2.45) is 5.73 Å². The maximum absolute atomic E-state index is 11.7. The third-order valence-electron chi connectivity index (χ3n) is 2.84. The number of rotatable bonds is 5. The third kappa shape index (κ3) is 3.47. The van der Waals surface area contributed by atoms with Crippen LogP contribution in [-0.4, -0.2) is 27.5 Å². The molecule has 0 saturated heterocycles. The molecule has 3 aromatic heterocycles. The average molecular weight is 366 g/mol. The number of nitrogens with zero attached hydrogens (tertiary/aromatic N) is 3. The molecule has 0 aliphatic carbocycles. The maximum atomic E-state index is 11.7. The van der Waals surface area contributed by atoms with Gasteiger partial charge in [-0.1, -0.05) is 0 Å². The van der Waals surface area contributed by atoms with Crippen molar-refractivity contribution in [2.45, 2.75) is 19.9 Å². The standard InChI is InChI=1S/C14H14N4O2S3/c1-3-20-14(19)10-6-23-13(18-10)9-5-22-12(17-9)8-4-21-11(16-8)7(2)15/h4-7H,3,15H2,1-2H3/t7-/m1/s1. The zero-order valence-corrected chi connectivity index (χ0v) is 14.9. The molecule has 0 saturated carbocycles. The predicted molar refractivity (Wildman–Crippen MR) is 92.9 cm³/mol. The van der Waals surface area contributed by atoms with Crippen LogP contribution in [0.2, 0.25) is 0 Å². The highest BCUT2D eigenvalue weighted by Gasteiger charge is 2.16. The van der Waals surface area contributed by atoms with E-state index in [-0.39, 0.29) is 6.04 Å². The van der Waals surface area contributed by atoms with Gasteiger partial charge < -0.3 is 10.5 Å². The van der Waals surface area contributed by atoms with E-state index in [4.69, 9.17) is 10.5 Å². The molecule has 0 spiro atoms. The van der Waals surface area contributed by atoms with Gasteiger partial charge in [-0.25, -0.2) is 19.7 Å². The lowest BCUT2D eigenvalue weighted by Gasteiger charge is -1.96. The van der Waals surface area contributed by atoms with Gasteiger partial charge in [0.1, 0.15) is 26.4 Å². The summed E-state index contributed by atoms with van der Waals surface area (Å²) in [6, 6.07) is -0.0840. The minimum atomic E-state index is -0.411. The zero-order valence-electron chi connectivity index (χ0n) is 12.5. The van der Waals surface area contributed by atoms with Gasteiger partial charge in [0.05, 0.1) is 12.6 Å². The van der Waals surface area contributed by atoms with Gasteiger partial charge in [0.25, 0.3) is 0 Å². The molecule has 2 N–H and O–H groups in total. The Morgan fingerprint density at radius 1 is 1.13 bits per heavy atom. The highest BCUT2D eigenvalue weighted by molar-refractivity contribution is 7.16. The lowest BCUT2D eigenvalue weighted by atomic mass is 10.4. The predicted octanol–water partition coefficient (Wildman–Crippen LogP) is 3.59. The Hall–Kier alpha value is -1.68. The van der Waals surface area contributed by atoms with Gasteiger partial charge >= 0.3 is 5.97 Å². The molecule has 0 aliphatic heterocycles. The van der Waals surface area contributed by atoms with Gasteiger partial charge in [-0.15, -0.1) is 34.0 Å². The number of ether oxygens (including phenoxy) is 1. The number of carbonyl (C=O) groups excluding carboxylic acids is 1. The van der Waals surface area contributed by atoms with Gasteiger partial charge in [0.2, 0.25) is 0 Å². The molecular formula is C14H14N4O2S3. The number of hydrogen-bond acceptors (Lipinski definition) is 9. The largest absolute Gasteiger partial charge is 0.461 e. The number of hydrogen-bond donors (Lipinski definition) is 1. The van der Waals surface area contributed by atoms with E-state index in [1.807, 2.05) is 17.7 Å². The van der Waals surface area contributed by atoms with Crippen LogP contribution in [0.25, 0.3) is 21.4 Å². The van der Waals surface area contributed by atoms with Crippen LogP contribution in [-0.2, 0) is 4.74 Å². The Bertz CT molecular complexity index is 821. The summed E-state index contributed by atoms with van der Waals surface area (Å²) in [7, 11) is 0. The molecule has 1 atom stereocenters. The van der Waals surface area contributed by atoms with Gasteiger partial charge in [0, 0.05) is 16.1 Å². The molecule has 0 unspecified atom stereocenters. The molecule has 3 heterocycles. The summed E-state index contributed by atoms with van der Waals surface area (Å²) in [5, 5.41) is 7.94. The Morgan fingerprint density at radius 2 is 1.78 bits per heavy atom. The van der Waals surface area contributed by atoms with Gasteiger partial charge in [-0.3, -0.25) is 0 Å². The van der Waals surface area contributed by atoms with Crippen LogP contribution in [0.5, 0.6) is 0 Å². The first-order valence-corrected chi connectivity index (χ1v) is 9.52. The van der Waals surface area contributed by atoms with Crippen molar-refractivity contribution < 1.29 is 9.53 Å². The molecular weight excluding hydrogens is 352 g/mol. The summed E-state index contributed by atoms with van der Waals surface area (Å²) < 4.78 is 4.94. The quantitative estimate of drug-likeness (QED) is 0.694. The number of aromatic nitrogens is 3. The SMILES string of the molecule is CCOC(=O)c1csc(-c2csc(-c3csc([C@@H](C)N)n3)n2)n1. The van der Waals surface area contributed by atoms with E-state index in [0.29, 0.717) is 17.3 Å². The molecule has 0 bridgehead atoms. The number of esters is 1. The van der Waals surface area contributed by atoms with Gasteiger partial charge in [-0.2, -0.15) is 0 Å². The molecule has 0 aliphatic rings. The summed E-state index contributed by atoms with van der Waals surface area (Å²) in [5.41, 5.74) is 7.71. The molecule has 120 valence electrons. The zero-order chi connectivity index (χ0) is 16.4. The molecule has 0 radical (unpaired) electrons. The Kier molecular flexibility index (Phi) is 4.81. The van der Waals surface area contributed by atoms with Crippen molar-refractivity contribution in [3.05, 3.63) is 26.8 Å². The van der Waals surface area contributed by atoms with Crippen LogP contribution in [0.4, 0.5) is 0 Å². The van der Waals surface area contributed by atoms with Crippen molar-refractivity contribution >= 4 is 40.0 Å². The van der Waals surface area contributed by atoms with Crippen molar-refractivity contribution in [2.75, 3.05) is 6.61 Å². The lowest BCUT2D eigenvalue weighted by molar-refractivity contribution is 0.0520. The van der Waals surface area contributed by atoms with Crippen LogP contribution >= 0.6 is 34.0 Å². The summed E-state index contributed by atoms with van der Waals surface area (Å²) in [6.07, 6.45) is 0. The molecule has 3 rings (SSSR count). The fourth-order valence-electron chi connectivity index (χ4n) is 1.77. The van der Waals surface area contributed by atoms with Crippen molar-refractivity contribution in [1.29, 1.82) is 0 Å². The smallest absolute Gasteiger partial charge is 0.357 e. The Morgan fingerprint density at radius 3 is 2.48 bits per heavy atom. The Balaban J connectivity index is 1.82. The topological polar surface area (TPSA) is 91.0 Å². The highest BCUT2D eigenvalue weighted by Crippen LogP contribution is 2.32. The first-order valence-electron chi connectivity index (χ1n) is 6.88. The minimum absolute atomic E-state index is 0.0840. The second kappa shape index (κ2) is 6.83. The fraction of sp³-hybridized carbons (Fsp3) is 0.286. The molecule has 9 heteroatoms. The number of thiazole rings is 3. The maximum Gasteiger partial charge on any atom is 0.357 e. The fourth-order valence-corrected chi connectivity index (χ4v) is 4.20. The van der Waals surface area contributed by atoms with Crippen molar-refractivity contribution in [3.8, 4) is 21.4 Å². The Labute approximate surface area is 145 Å². The average Bonchev–Trinajstić information content (AvgIpc) is 3.26. The van der Waals surface area contributed by atoms with Crippen LogP contribution in [0.3, 0.4) is 0 Å². The van der Waals surface area contributed by atoms with Crippen molar-refractivity contribution in [3.63, 3.8) is 0 Å². The monoisotopic (exact) mass is 366 g/mol. The van der Waals surface area contributed by atoms with E-state index >= 15 is 0 Å². The second-order valence-electron chi connectivity index (χ2n) is 4.66. The molecule has 23 heavy (non-hydrogen) atoms. The first kappa shape index (κ1) is 16.2. The molecule has 3 aromatic rings. The molecule has 0 aromatic carbocycles. The van der Waals surface area contributed by atoms with E-state index in [1.165, 1.54) is 34.0 Å². The van der Waals surface area contributed by atoms with Crippen LogP contribution in [0.15, 0.2) is 16.1 Å². The van der Waals surface area contributed by atoms with Crippen LogP contribution < -0.4 is 5.73 Å². The van der Waals surface area contributed by atoms with Gasteiger partial charge in [-0.05, 0) is 13.8 Å². The number of nitrogens with two attached hydrogens (primary N) is 1.